The van der Waals surface area contributed by atoms with Crippen molar-refractivity contribution in [3.63, 3.8) is 0 Å². The number of aromatic nitrogens is 1. The average molecular weight is 318 g/mol. The van der Waals surface area contributed by atoms with Gasteiger partial charge in [0.15, 0.2) is 11.6 Å². The largest absolute Gasteiger partial charge is 0.480 e. The number of anilines is 1. The van der Waals surface area contributed by atoms with Gasteiger partial charge in [-0.1, -0.05) is 11.6 Å². The number of morpholine rings is 1. The van der Waals surface area contributed by atoms with E-state index in [0.717, 1.165) is 0 Å². The summed E-state index contributed by atoms with van der Waals surface area (Å²) in [4.78, 5) is 18.1. The van der Waals surface area contributed by atoms with Gasteiger partial charge in [0.25, 0.3) is 0 Å². The summed E-state index contributed by atoms with van der Waals surface area (Å²) in [6.07, 6.45) is 1.21. The van der Waals surface area contributed by atoms with Crippen LogP contribution in [0.4, 0.5) is 10.2 Å². The highest BCUT2D eigenvalue weighted by Crippen LogP contribution is 2.21. The second-order valence-corrected chi connectivity index (χ2v) is 5.42. The van der Waals surface area contributed by atoms with Crippen LogP contribution in [0.5, 0.6) is 0 Å². The number of halogens is 2. The molecule has 1 fully saturated rings. The Morgan fingerprint density at radius 2 is 2.48 bits per heavy atom. The molecule has 6 nitrogen and oxygen atoms in total. The molecule has 0 spiro atoms. The summed E-state index contributed by atoms with van der Waals surface area (Å²) in [5.74, 6) is -1.12. The van der Waals surface area contributed by atoms with Gasteiger partial charge in [-0.15, -0.1) is 0 Å². The van der Waals surface area contributed by atoms with Crippen LogP contribution in [0.3, 0.4) is 0 Å². The number of hydrogen-bond acceptors (Lipinski definition) is 5. The molecule has 0 aliphatic carbocycles. The Morgan fingerprint density at radius 3 is 3.14 bits per heavy atom. The van der Waals surface area contributed by atoms with Crippen LogP contribution in [0, 0.1) is 5.82 Å². The molecule has 1 saturated heterocycles. The van der Waals surface area contributed by atoms with Gasteiger partial charge in [0.2, 0.25) is 0 Å². The number of ether oxygens (including phenoxy) is 1. The molecule has 2 heterocycles. The molecule has 21 heavy (non-hydrogen) atoms. The van der Waals surface area contributed by atoms with Crippen molar-refractivity contribution in [3.8, 4) is 0 Å². The zero-order chi connectivity index (χ0) is 15.4. The third-order valence-electron chi connectivity index (χ3n) is 3.15. The SMILES string of the molecule is CN(CC(=O)O)CC1CN(c2ncc(Cl)cc2F)CCO1. The number of aliphatic carboxylic acids is 1. The second-order valence-electron chi connectivity index (χ2n) is 4.99. The van der Waals surface area contributed by atoms with Crippen molar-refractivity contribution < 1.29 is 19.0 Å². The molecule has 0 bridgehead atoms. The lowest BCUT2D eigenvalue weighted by atomic mass is 10.2. The van der Waals surface area contributed by atoms with E-state index in [1.807, 2.05) is 0 Å². The average Bonchev–Trinajstić information content (AvgIpc) is 2.37. The Kier molecular flexibility index (Phi) is 5.33. The number of likely N-dealkylation sites (N-methyl/N-ethyl adjacent to an activating group) is 1. The van der Waals surface area contributed by atoms with Crippen LogP contribution in [-0.4, -0.2) is 66.9 Å². The minimum atomic E-state index is -0.893. The van der Waals surface area contributed by atoms with Gasteiger partial charge < -0.3 is 14.7 Å². The molecule has 1 atom stereocenters. The Balaban J connectivity index is 1.98. The number of hydrogen-bond donors (Lipinski definition) is 1. The predicted molar refractivity (Wildman–Crippen MR) is 76.3 cm³/mol. The third-order valence-corrected chi connectivity index (χ3v) is 3.35. The van der Waals surface area contributed by atoms with Crippen molar-refractivity contribution in [3.05, 3.63) is 23.1 Å². The first-order chi connectivity index (χ1) is 9.95. The minimum Gasteiger partial charge on any atom is -0.480 e. The molecular weight excluding hydrogens is 301 g/mol. The topological polar surface area (TPSA) is 65.9 Å². The summed E-state index contributed by atoms with van der Waals surface area (Å²) in [6, 6.07) is 1.23. The molecule has 1 N–H and O–H groups in total. The number of carbonyl (C=O) groups is 1. The molecule has 0 saturated carbocycles. The van der Waals surface area contributed by atoms with Gasteiger partial charge >= 0.3 is 5.97 Å². The molecule has 1 aliphatic rings. The van der Waals surface area contributed by atoms with Gasteiger partial charge in [-0.05, 0) is 13.1 Å². The van der Waals surface area contributed by atoms with E-state index in [1.165, 1.54) is 12.3 Å². The molecule has 1 aliphatic heterocycles. The maximum absolute atomic E-state index is 13.9. The van der Waals surface area contributed by atoms with Gasteiger partial charge in [0.05, 0.1) is 24.3 Å². The zero-order valence-corrected chi connectivity index (χ0v) is 12.4. The van der Waals surface area contributed by atoms with Gasteiger partial charge in [-0.2, -0.15) is 0 Å². The number of rotatable bonds is 5. The molecule has 116 valence electrons. The van der Waals surface area contributed by atoms with Crippen molar-refractivity contribution in [1.29, 1.82) is 0 Å². The normalized spacial score (nSPS) is 19.0. The van der Waals surface area contributed by atoms with E-state index >= 15 is 0 Å². The first-order valence-electron chi connectivity index (χ1n) is 6.53. The lowest BCUT2D eigenvalue weighted by molar-refractivity contribution is -0.138. The van der Waals surface area contributed by atoms with Crippen LogP contribution in [0.15, 0.2) is 12.3 Å². The smallest absolute Gasteiger partial charge is 0.317 e. The van der Waals surface area contributed by atoms with Crippen molar-refractivity contribution in [1.82, 2.24) is 9.88 Å². The van der Waals surface area contributed by atoms with Crippen molar-refractivity contribution >= 4 is 23.4 Å². The molecule has 1 aromatic heterocycles. The highest BCUT2D eigenvalue weighted by Gasteiger charge is 2.25. The van der Waals surface area contributed by atoms with E-state index in [0.29, 0.717) is 26.2 Å². The van der Waals surface area contributed by atoms with Crippen LogP contribution < -0.4 is 4.90 Å². The number of carboxylic acid groups (broad SMARTS) is 1. The first kappa shape index (κ1) is 15.9. The van der Waals surface area contributed by atoms with Crippen molar-refractivity contribution in [2.45, 2.75) is 6.10 Å². The van der Waals surface area contributed by atoms with Crippen LogP contribution in [-0.2, 0) is 9.53 Å². The van der Waals surface area contributed by atoms with E-state index < -0.39 is 11.8 Å². The maximum atomic E-state index is 13.9. The summed E-state index contributed by atoms with van der Waals surface area (Å²) in [7, 11) is 1.71. The lowest BCUT2D eigenvalue weighted by Gasteiger charge is -2.35. The molecular formula is C13H17ClFN3O3. The van der Waals surface area contributed by atoms with Crippen LogP contribution in [0.25, 0.3) is 0 Å². The molecule has 0 amide bonds. The van der Waals surface area contributed by atoms with Crippen molar-refractivity contribution in [2.75, 3.05) is 44.7 Å². The van der Waals surface area contributed by atoms with Crippen LogP contribution >= 0.6 is 11.6 Å². The zero-order valence-electron chi connectivity index (χ0n) is 11.6. The molecule has 2 rings (SSSR count). The third kappa shape index (κ3) is 4.52. The van der Waals surface area contributed by atoms with Gasteiger partial charge in [0, 0.05) is 25.8 Å². The molecule has 0 radical (unpaired) electrons. The van der Waals surface area contributed by atoms with E-state index in [9.17, 15) is 9.18 Å². The van der Waals surface area contributed by atoms with Gasteiger partial charge in [-0.3, -0.25) is 9.69 Å². The highest BCUT2D eigenvalue weighted by molar-refractivity contribution is 6.30. The summed E-state index contributed by atoms with van der Waals surface area (Å²) < 4.78 is 19.5. The lowest BCUT2D eigenvalue weighted by Crippen LogP contribution is -2.48. The molecule has 1 aromatic rings. The van der Waals surface area contributed by atoms with Crippen LogP contribution in [0.1, 0.15) is 0 Å². The fourth-order valence-electron chi connectivity index (χ4n) is 2.31. The highest BCUT2D eigenvalue weighted by atomic mass is 35.5. The Hall–Kier alpha value is -1.44. The van der Waals surface area contributed by atoms with Crippen LogP contribution in [0.2, 0.25) is 5.02 Å². The summed E-state index contributed by atoms with van der Waals surface area (Å²) in [6.45, 7) is 1.82. The summed E-state index contributed by atoms with van der Waals surface area (Å²) >= 11 is 5.69. The Labute approximate surface area is 127 Å². The van der Waals surface area contributed by atoms with E-state index in [4.69, 9.17) is 21.4 Å². The summed E-state index contributed by atoms with van der Waals surface area (Å²) in [5.41, 5.74) is 0. The fourth-order valence-corrected chi connectivity index (χ4v) is 2.45. The van der Waals surface area contributed by atoms with E-state index in [1.54, 1.807) is 16.8 Å². The first-order valence-corrected chi connectivity index (χ1v) is 6.91. The Morgan fingerprint density at radius 1 is 1.71 bits per heavy atom. The second kappa shape index (κ2) is 7.02. The molecule has 0 aromatic carbocycles. The fraction of sp³-hybridized carbons (Fsp3) is 0.538. The van der Waals surface area contributed by atoms with Crippen molar-refractivity contribution in [2.24, 2.45) is 0 Å². The standard InChI is InChI=1S/C13H17ClFN3O3/c1-17(8-12(19)20)6-10-7-18(2-3-21-10)13-11(15)4-9(14)5-16-13/h4-5,10H,2-3,6-8H2,1H3,(H,19,20). The van der Waals surface area contributed by atoms with Gasteiger partial charge in [-0.25, -0.2) is 9.37 Å². The number of pyridine rings is 1. The quantitative estimate of drug-likeness (QED) is 0.877. The monoisotopic (exact) mass is 317 g/mol. The maximum Gasteiger partial charge on any atom is 0.317 e. The number of carboxylic acids is 1. The predicted octanol–water partition coefficient (Wildman–Crippen LogP) is 1.10. The minimum absolute atomic E-state index is 0.0621. The summed E-state index contributed by atoms with van der Waals surface area (Å²) in [5, 5.41) is 8.99. The molecule has 1 unspecified atom stereocenters. The van der Waals surface area contributed by atoms with E-state index in [2.05, 4.69) is 4.98 Å². The van der Waals surface area contributed by atoms with E-state index in [-0.39, 0.29) is 23.5 Å². The molecule has 8 heteroatoms. The van der Waals surface area contributed by atoms with Gasteiger partial charge in [0.1, 0.15) is 0 Å². The number of nitrogens with zero attached hydrogens (tertiary/aromatic N) is 3. The Bertz CT molecular complexity index is 517.